The van der Waals surface area contributed by atoms with Crippen molar-refractivity contribution in [2.75, 3.05) is 33.8 Å². The Morgan fingerprint density at radius 3 is 2.18 bits per heavy atom. The minimum atomic E-state index is -4.16. The molecule has 1 unspecified atom stereocenters. The fourth-order valence-corrected chi connectivity index (χ4v) is 1.60. The zero-order valence-electron chi connectivity index (χ0n) is 11.2. The Labute approximate surface area is 101 Å². The van der Waals surface area contributed by atoms with E-state index in [1.54, 1.807) is 7.11 Å². The van der Waals surface area contributed by atoms with Crippen molar-refractivity contribution < 1.29 is 17.9 Å². The zero-order valence-corrected chi connectivity index (χ0v) is 11.2. The molecule has 1 N–H and O–H groups in total. The predicted molar refractivity (Wildman–Crippen MR) is 62.1 cm³/mol. The van der Waals surface area contributed by atoms with Crippen molar-refractivity contribution in [2.45, 2.75) is 38.6 Å². The van der Waals surface area contributed by atoms with Crippen LogP contribution < -0.4 is 5.32 Å². The molecule has 17 heavy (non-hydrogen) atoms. The lowest BCUT2D eigenvalue weighted by molar-refractivity contribution is -0.145. The molecular weight excluding hydrogens is 233 g/mol. The van der Waals surface area contributed by atoms with Gasteiger partial charge in [-0.2, -0.15) is 13.2 Å². The number of hydrogen-bond acceptors (Lipinski definition) is 3. The first-order valence-corrected chi connectivity index (χ1v) is 5.66. The van der Waals surface area contributed by atoms with E-state index < -0.39 is 18.3 Å². The second-order valence-corrected chi connectivity index (χ2v) is 4.73. The summed E-state index contributed by atoms with van der Waals surface area (Å²) in [7, 11) is 3.03. The Balaban J connectivity index is 4.45. The van der Waals surface area contributed by atoms with E-state index in [-0.39, 0.29) is 12.6 Å². The number of hydrogen-bond donors (Lipinski definition) is 1. The molecule has 0 aliphatic heterocycles. The van der Waals surface area contributed by atoms with Gasteiger partial charge < -0.3 is 10.1 Å². The molecule has 6 heteroatoms. The summed E-state index contributed by atoms with van der Waals surface area (Å²) in [5.74, 6) is 0. The number of rotatable bonds is 7. The van der Waals surface area contributed by atoms with Gasteiger partial charge in [-0.3, -0.25) is 4.90 Å². The minimum absolute atomic E-state index is 0.148. The Morgan fingerprint density at radius 2 is 1.82 bits per heavy atom. The Kier molecular flexibility index (Phi) is 6.43. The third-order valence-corrected chi connectivity index (χ3v) is 2.76. The maximum Gasteiger partial charge on any atom is 0.401 e. The summed E-state index contributed by atoms with van der Waals surface area (Å²) in [4.78, 5) is 1.26. The molecular formula is C11H23F3N2O. The first-order chi connectivity index (χ1) is 7.62. The largest absolute Gasteiger partial charge is 0.401 e. The summed E-state index contributed by atoms with van der Waals surface area (Å²) < 4.78 is 42.0. The molecule has 0 rings (SSSR count). The van der Waals surface area contributed by atoms with Gasteiger partial charge in [-0.05, 0) is 27.4 Å². The SMILES string of the molecule is CCNC(CN(C)CC(F)(F)F)C(C)(C)OC. The second kappa shape index (κ2) is 6.56. The van der Waals surface area contributed by atoms with E-state index in [4.69, 9.17) is 4.74 Å². The summed E-state index contributed by atoms with van der Waals surface area (Å²) in [6, 6.07) is -0.148. The van der Waals surface area contributed by atoms with Crippen LogP contribution in [0.1, 0.15) is 20.8 Å². The highest BCUT2D eigenvalue weighted by Gasteiger charge is 2.34. The summed E-state index contributed by atoms with van der Waals surface area (Å²) in [5, 5.41) is 3.16. The van der Waals surface area contributed by atoms with E-state index in [0.717, 1.165) is 0 Å². The molecule has 0 aromatic rings. The van der Waals surface area contributed by atoms with Gasteiger partial charge in [0.2, 0.25) is 0 Å². The smallest absolute Gasteiger partial charge is 0.377 e. The Morgan fingerprint density at radius 1 is 1.29 bits per heavy atom. The molecule has 0 aromatic carbocycles. The highest BCUT2D eigenvalue weighted by Crippen LogP contribution is 2.18. The highest BCUT2D eigenvalue weighted by atomic mass is 19.4. The van der Waals surface area contributed by atoms with E-state index in [1.807, 2.05) is 20.8 Å². The summed E-state index contributed by atoms with van der Waals surface area (Å²) in [5.41, 5.74) is -0.504. The molecule has 0 fully saturated rings. The highest BCUT2D eigenvalue weighted by molar-refractivity contribution is 4.87. The van der Waals surface area contributed by atoms with E-state index in [1.165, 1.54) is 11.9 Å². The van der Waals surface area contributed by atoms with Crippen molar-refractivity contribution in [3.8, 4) is 0 Å². The van der Waals surface area contributed by atoms with Crippen molar-refractivity contribution in [1.82, 2.24) is 10.2 Å². The monoisotopic (exact) mass is 256 g/mol. The Bertz CT molecular complexity index is 219. The maximum absolute atomic E-state index is 12.2. The summed E-state index contributed by atoms with van der Waals surface area (Å²) in [6.45, 7) is 5.71. The molecule has 0 amide bonds. The van der Waals surface area contributed by atoms with E-state index >= 15 is 0 Å². The van der Waals surface area contributed by atoms with Gasteiger partial charge in [0.1, 0.15) is 0 Å². The van der Waals surface area contributed by atoms with Crippen LogP contribution in [0.15, 0.2) is 0 Å². The first kappa shape index (κ1) is 16.7. The molecule has 0 saturated carbocycles. The van der Waals surface area contributed by atoms with Crippen molar-refractivity contribution in [3.05, 3.63) is 0 Å². The van der Waals surface area contributed by atoms with Crippen LogP contribution in [0, 0.1) is 0 Å². The van der Waals surface area contributed by atoms with Crippen molar-refractivity contribution in [1.29, 1.82) is 0 Å². The molecule has 3 nitrogen and oxygen atoms in total. The average molecular weight is 256 g/mol. The van der Waals surface area contributed by atoms with Crippen LogP contribution in [0.5, 0.6) is 0 Å². The van der Waals surface area contributed by atoms with Crippen LogP contribution in [0.4, 0.5) is 13.2 Å². The van der Waals surface area contributed by atoms with E-state index in [2.05, 4.69) is 5.32 Å². The molecule has 0 saturated heterocycles. The van der Waals surface area contributed by atoms with Gasteiger partial charge in [-0.1, -0.05) is 6.92 Å². The van der Waals surface area contributed by atoms with Crippen molar-refractivity contribution in [3.63, 3.8) is 0 Å². The van der Waals surface area contributed by atoms with Crippen LogP contribution in [0.3, 0.4) is 0 Å². The van der Waals surface area contributed by atoms with E-state index in [0.29, 0.717) is 6.54 Å². The molecule has 0 aliphatic carbocycles. The van der Waals surface area contributed by atoms with Crippen LogP contribution in [-0.2, 0) is 4.74 Å². The molecule has 0 bridgehead atoms. The number of halogens is 3. The van der Waals surface area contributed by atoms with Gasteiger partial charge in [-0.25, -0.2) is 0 Å². The first-order valence-electron chi connectivity index (χ1n) is 5.66. The number of nitrogens with zero attached hydrogens (tertiary/aromatic N) is 1. The standard InChI is InChI=1S/C11H23F3N2O/c1-6-15-9(10(2,3)17-5)7-16(4)8-11(12,13)14/h9,15H,6-8H2,1-5H3. The zero-order chi connectivity index (χ0) is 13.7. The molecule has 0 radical (unpaired) electrons. The van der Waals surface area contributed by atoms with Gasteiger partial charge in [0.25, 0.3) is 0 Å². The minimum Gasteiger partial charge on any atom is -0.377 e. The number of nitrogens with one attached hydrogen (secondary N) is 1. The average Bonchev–Trinajstić information content (AvgIpc) is 2.14. The fraction of sp³-hybridized carbons (Fsp3) is 1.00. The number of likely N-dealkylation sites (N-methyl/N-ethyl adjacent to an activating group) is 2. The summed E-state index contributed by atoms with van der Waals surface area (Å²) >= 11 is 0. The molecule has 0 aliphatic rings. The molecule has 0 spiro atoms. The fourth-order valence-electron chi connectivity index (χ4n) is 1.60. The molecule has 1 atom stereocenters. The molecule has 0 heterocycles. The van der Waals surface area contributed by atoms with Gasteiger partial charge in [0.05, 0.1) is 12.1 Å². The van der Waals surface area contributed by atoms with Gasteiger partial charge >= 0.3 is 6.18 Å². The maximum atomic E-state index is 12.2. The van der Waals surface area contributed by atoms with Crippen molar-refractivity contribution >= 4 is 0 Å². The molecule has 104 valence electrons. The second-order valence-electron chi connectivity index (χ2n) is 4.73. The predicted octanol–water partition coefficient (Wildman–Crippen LogP) is 1.88. The summed E-state index contributed by atoms with van der Waals surface area (Å²) in [6.07, 6.45) is -4.16. The lowest BCUT2D eigenvalue weighted by atomic mass is 9.98. The third-order valence-electron chi connectivity index (χ3n) is 2.76. The van der Waals surface area contributed by atoms with Crippen LogP contribution in [-0.4, -0.2) is 56.5 Å². The van der Waals surface area contributed by atoms with Crippen LogP contribution in [0.2, 0.25) is 0 Å². The number of alkyl halides is 3. The van der Waals surface area contributed by atoms with Crippen LogP contribution in [0.25, 0.3) is 0 Å². The quantitative estimate of drug-likeness (QED) is 0.752. The van der Waals surface area contributed by atoms with Gasteiger partial charge in [-0.15, -0.1) is 0 Å². The van der Waals surface area contributed by atoms with Gasteiger partial charge in [0, 0.05) is 19.7 Å². The number of methoxy groups -OCH3 is 1. The Hall–Kier alpha value is -0.330. The normalized spacial score (nSPS) is 15.4. The van der Waals surface area contributed by atoms with Gasteiger partial charge in [0.15, 0.2) is 0 Å². The van der Waals surface area contributed by atoms with E-state index in [9.17, 15) is 13.2 Å². The van der Waals surface area contributed by atoms with Crippen LogP contribution >= 0.6 is 0 Å². The lowest BCUT2D eigenvalue weighted by Crippen LogP contribution is -2.54. The number of ether oxygens (including phenoxy) is 1. The topological polar surface area (TPSA) is 24.5 Å². The van der Waals surface area contributed by atoms with Crippen molar-refractivity contribution in [2.24, 2.45) is 0 Å². The third kappa shape index (κ3) is 6.85. The molecule has 0 aromatic heterocycles. The lowest BCUT2D eigenvalue weighted by Gasteiger charge is -2.36.